The minimum Gasteiger partial charge on any atom is -0.497 e. The van der Waals surface area contributed by atoms with E-state index in [2.05, 4.69) is 6.07 Å². The molecule has 1 heterocycles. The van der Waals surface area contributed by atoms with Crippen molar-refractivity contribution in [3.8, 4) is 11.8 Å². The van der Waals surface area contributed by atoms with Crippen LogP contribution in [0, 0.1) is 11.3 Å². The van der Waals surface area contributed by atoms with E-state index in [1.54, 1.807) is 7.11 Å². The quantitative estimate of drug-likeness (QED) is 0.667. The molecule has 0 aromatic heterocycles. The van der Waals surface area contributed by atoms with Gasteiger partial charge in [-0.15, -0.1) is 0 Å². The van der Waals surface area contributed by atoms with Crippen LogP contribution in [0.2, 0.25) is 0 Å². The topological polar surface area (TPSA) is 45.5 Å². The van der Waals surface area contributed by atoms with E-state index in [4.69, 9.17) is 14.7 Å². The Morgan fingerprint density at radius 1 is 1.43 bits per heavy atom. The van der Waals surface area contributed by atoms with Crippen LogP contribution in [0.3, 0.4) is 0 Å². The zero-order chi connectivity index (χ0) is 10.2. The Balaban J connectivity index is 2.23. The normalized spacial score (nSPS) is 29.4. The molecule has 3 heteroatoms. The molecule has 1 aliphatic heterocycles. The second kappa shape index (κ2) is 3.00. The molecule has 1 fully saturated rings. The van der Waals surface area contributed by atoms with Crippen LogP contribution in [0.5, 0.6) is 5.75 Å². The van der Waals surface area contributed by atoms with Crippen LogP contribution in [-0.2, 0) is 10.3 Å². The predicted octanol–water partition coefficient (Wildman–Crippen LogP) is 1.83. The third kappa shape index (κ3) is 1.24. The van der Waals surface area contributed by atoms with Gasteiger partial charge >= 0.3 is 0 Å². The second-order valence-corrected chi connectivity index (χ2v) is 3.46. The number of hydrogen-bond acceptors (Lipinski definition) is 3. The monoisotopic (exact) mass is 189 g/mol. The Kier molecular flexibility index (Phi) is 1.94. The van der Waals surface area contributed by atoms with Crippen LogP contribution in [-0.4, -0.2) is 13.2 Å². The molecule has 2 atom stereocenters. The largest absolute Gasteiger partial charge is 0.497 e. The Labute approximate surface area is 82.9 Å². The van der Waals surface area contributed by atoms with Crippen LogP contribution in [0.25, 0.3) is 0 Å². The van der Waals surface area contributed by atoms with Crippen molar-refractivity contribution in [3.63, 3.8) is 0 Å². The Bertz CT molecular complexity index is 379. The summed E-state index contributed by atoms with van der Waals surface area (Å²) in [6.07, 6.45) is -0.309. The molecule has 14 heavy (non-hydrogen) atoms. The van der Waals surface area contributed by atoms with Crippen molar-refractivity contribution >= 4 is 0 Å². The molecular weight excluding hydrogens is 178 g/mol. The summed E-state index contributed by atoms with van der Waals surface area (Å²) in [6, 6.07) is 9.70. The van der Waals surface area contributed by atoms with Crippen molar-refractivity contribution in [1.82, 2.24) is 0 Å². The van der Waals surface area contributed by atoms with E-state index in [-0.39, 0.29) is 6.10 Å². The summed E-state index contributed by atoms with van der Waals surface area (Å²) in [5.74, 6) is 0.812. The highest BCUT2D eigenvalue weighted by Gasteiger charge is 2.54. The summed E-state index contributed by atoms with van der Waals surface area (Å²) < 4.78 is 10.4. The predicted molar refractivity (Wildman–Crippen MR) is 50.8 cm³/mol. The molecule has 2 rings (SSSR count). The maximum absolute atomic E-state index is 8.70. The van der Waals surface area contributed by atoms with Crippen molar-refractivity contribution in [3.05, 3.63) is 29.8 Å². The average molecular weight is 189 g/mol. The smallest absolute Gasteiger partial charge is 0.178 e. The van der Waals surface area contributed by atoms with E-state index < -0.39 is 5.60 Å². The van der Waals surface area contributed by atoms with E-state index in [9.17, 15) is 0 Å². The lowest BCUT2D eigenvalue weighted by molar-refractivity contribution is 0.321. The number of ether oxygens (including phenoxy) is 2. The lowest BCUT2D eigenvalue weighted by Gasteiger charge is -2.06. The first-order valence-corrected chi connectivity index (χ1v) is 4.42. The molecule has 72 valence electrons. The lowest BCUT2D eigenvalue weighted by Crippen LogP contribution is -2.05. The van der Waals surface area contributed by atoms with Crippen LogP contribution in [0.4, 0.5) is 0 Å². The summed E-state index contributed by atoms with van der Waals surface area (Å²) in [7, 11) is 1.63. The molecule has 0 aliphatic carbocycles. The fraction of sp³-hybridized carbons (Fsp3) is 0.364. The molecule has 1 aliphatic rings. The van der Waals surface area contributed by atoms with Gasteiger partial charge in [-0.3, -0.25) is 0 Å². The molecule has 0 radical (unpaired) electrons. The van der Waals surface area contributed by atoms with Crippen LogP contribution >= 0.6 is 0 Å². The van der Waals surface area contributed by atoms with E-state index in [0.29, 0.717) is 0 Å². The van der Waals surface area contributed by atoms with Gasteiger partial charge in [0.2, 0.25) is 0 Å². The van der Waals surface area contributed by atoms with E-state index in [1.807, 2.05) is 31.2 Å². The molecule has 0 N–H and O–H groups in total. The van der Waals surface area contributed by atoms with Gasteiger partial charge < -0.3 is 9.47 Å². The highest BCUT2D eigenvalue weighted by Crippen LogP contribution is 2.45. The summed E-state index contributed by atoms with van der Waals surface area (Å²) in [4.78, 5) is 0. The van der Waals surface area contributed by atoms with Crippen molar-refractivity contribution in [2.75, 3.05) is 7.11 Å². The van der Waals surface area contributed by atoms with E-state index >= 15 is 0 Å². The summed E-state index contributed by atoms with van der Waals surface area (Å²) >= 11 is 0. The summed E-state index contributed by atoms with van der Waals surface area (Å²) in [5, 5.41) is 8.70. The van der Waals surface area contributed by atoms with Gasteiger partial charge in [0.1, 0.15) is 11.4 Å². The standard InChI is InChI=1S/C11H11NO2/c1-11(10(7-12)14-11)8-3-5-9(13-2)6-4-8/h3-6,10H,1-2H3. The molecule has 3 nitrogen and oxygen atoms in total. The molecule has 0 bridgehead atoms. The maximum atomic E-state index is 8.70. The van der Waals surface area contributed by atoms with Gasteiger partial charge in [0.05, 0.1) is 13.2 Å². The van der Waals surface area contributed by atoms with Crippen molar-refractivity contribution < 1.29 is 9.47 Å². The molecule has 0 amide bonds. The molecule has 2 unspecified atom stereocenters. The molecule has 0 saturated carbocycles. The number of methoxy groups -OCH3 is 1. The van der Waals surface area contributed by atoms with Crippen molar-refractivity contribution in [1.29, 1.82) is 5.26 Å². The second-order valence-electron chi connectivity index (χ2n) is 3.46. The van der Waals surface area contributed by atoms with Gasteiger partial charge in [-0.2, -0.15) is 5.26 Å². The molecule has 1 aromatic rings. The highest BCUT2D eigenvalue weighted by molar-refractivity contribution is 5.36. The van der Waals surface area contributed by atoms with Gasteiger partial charge in [-0.1, -0.05) is 12.1 Å². The van der Waals surface area contributed by atoms with Crippen LogP contribution in [0.15, 0.2) is 24.3 Å². The minimum atomic E-state index is -0.416. The minimum absolute atomic E-state index is 0.309. The van der Waals surface area contributed by atoms with Gasteiger partial charge in [0.15, 0.2) is 6.10 Å². The van der Waals surface area contributed by atoms with E-state index in [1.165, 1.54) is 0 Å². The summed E-state index contributed by atoms with van der Waals surface area (Å²) in [6.45, 7) is 1.92. The number of benzene rings is 1. The molecule has 1 aromatic carbocycles. The average Bonchev–Trinajstić information content (AvgIpc) is 2.91. The van der Waals surface area contributed by atoms with Gasteiger partial charge in [-0.05, 0) is 24.6 Å². The highest BCUT2D eigenvalue weighted by atomic mass is 16.6. The third-order valence-electron chi connectivity index (χ3n) is 2.59. The zero-order valence-electron chi connectivity index (χ0n) is 8.15. The zero-order valence-corrected chi connectivity index (χ0v) is 8.15. The van der Waals surface area contributed by atoms with E-state index in [0.717, 1.165) is 11.3 Å². The van der Waals surface area contributed by atoms with Crippen LogP contribution in [0.1, 0.15) is 12.5 Å². The number of hydrogen-bond donors (Lipinski definition) is 0. The van der Waals surface area contributed by atoms with Crippen molar-refractivity contribution in [2.24, 2.45) is 0 Å². The first-order valence-electron chi connectivity index (χ1n) is 4.42. The number of nitriles is 1. The Hall–Kier alpha value is -1.53. The molecule has 1 saturated heterocycles. The third-order valence-corrected chi connectivity index (χ3v) is 2.59. The lowest BCUT2D eigenvalue weighted by atomic mass is 9.98. The Morgan fingerprint density at radius 3 is 2.50 bits per heavy atom. The fourth-order valence-electron chi connectivity index (χ4n) is 1.50. The van der Waals surface area contributed by atoms with Gasteiger partial charge in [-0.25, -0.2) is 0 Å². The fourth-order valence-corrected chi connectivity index (χ4v) is 1.50. The van der Waals surface area contributed by atoms with Gasteiger partial charge in [0, 0.05) is 0 Å². The molecule has 0 spiro atoms. The first kappa shape index (κ1) is 9.04. The van der Waals surface area contributed by atoms with Crippen molar-refractivity contribution in [2.45, 2.75) is 18.6 Å². The number of rotatable bonds is 2. The number of nitrogens with zero attached hydrogens (tertiary/aromatic N) is 1. The maximum Gasteiger partial charge on any atom is 0.178 e. The SMILES string of the molecule is COc1ccc(C2(C)OC2C#N)cc1. The molecular formula is C11H11NO2. The Morgan fingerprint density at radius 2 is 2.07 bits per heavy atom. The number of epoxide rings is 1. The summed E-state index contributed by atoms with van der Waals surface area (Å²) in [5.41, 5.74) is 0.603. The van der Waals surface area contributed by atoms with Crippen LogP contribution < -0.4 is 4.74 Å². The first-order chi connectivity index (χ1) is 6.70. The van der Waals surface area contributed by atoms with Gasteiger partial charge in [0.25, 0.3) is 0 Å².